The molecule has 2 unspecified atom stereocenters. The number of likely N-dealkylation sites (N-methyl/N-ethyl adjacent to an activating group) is 1. The van der Waals surface area contributed by atoms with Crippen molar-refractivity contribution in [3.05, 3.63) is 12.2 Å². The molecule has 2 atom stereocenters. The lowest BCUT2D eigenvalue weighted by Gasteiger charge is -2.31. The SMILES string of the molecule is CCCCCCCCCCC/C=C/CCCCCCCC(=O)OC(COCCC(C(=O)O)[N+](C)(C)C)COC(=O)CCCCCCCCCCCCCCCCCCCCCCCC. The fourth-order valence-electron chi connectivity index (χ4n) is 8.62. The Bertz CT molecular complexity index is 1060. The van der Waals surface area contributed by atoms with Gasteiger partial charge in [0.1, 0.15) is 6.61 Å². The zero-order valence-electron chi connectivity index (χ0n) is 43.3. The Morgan fingerprint density at radius 1 is 0.453 bits per heavy atom. The zero-order chi connectivity index (χ0) is 47.0. The highest BCUT2D eigenvalue weighted by molar-refractivity contribution is 5.72. The summed E-state index contributed by atoms with van der Waals surface area (Å²) in [6.07, 6.45) is 54.1. The van der Waals surface area contributed by atoms with Crippen molar-refractivity contribution >= 4 is 17.9 Å². The minimum atomic E-state index is -0.871. The van der Waals surface area contributed by atoms with Gasteiger partial charge in [-0.05, 0) is 38.5 Å². The van der Waals surface area contributed by atoms with E-state index in [2.05, 4.69) is 26.0 Å². The molecular weight excluding hydrogens is 799 g/mol. The summed E-state index contributed by atoms with van der Waals surface area (Å²) in [5.74, 6) is -1.45. The first-order valence-electron chi connectivity index (χ1n) is 27.7. The summed E-state index contributed by atoms with van der Waals surface area (Å²) >= 11 is 0. The fraction of sp³-hybridized carbons (Fsp3) is 0.911. The molecule has 0 fully saturated rings. The third-order valence-electron chi connectivity index (χ3n) is 12.9. The van der Waals surface area contributed by atoms with Crippen LogP contribution < -0.4 is 0 Å². The zero-order valence-corrected chi connectivity index (χ0v) is 43.3. The summed E-state index contributed by atoms with van der Waals surface area (Å²) in [7, 11) is 5.55. The van der Waals surface area contributed by atoms with E-state index in [0.717, 1.165) is 51.4 Å². The number of carbonyl (C=O) groups is 3. The molecule has 0 saturated carbocycles. The lowest BCUT2D eigenvalue weighted by atomic mass is 10.0. The van der Waals surface area contributed by atoms with Crippen LogP contribution in [0.15, 0.2) is 12.2 Å². The first-order valence-corrected chi connectivity index (χ1v) is 27.7. The van der Waals surface area contributed by atoms with E-state index in [0.29, 0.717) is 19.3 Å². The molecule has 0 aromatic heterocycles. The van der Waals surface area contributed by atoms with Crippen molar-refractivity contribution in [3.63, 3.8) is 0 Å². The fourth-order valence-corrected chi connectivity index (χ4v) is 8.62. The quantitative estimate of drug-likeness (QED) is 0.0281. The third-order valence-corrected chi connectivity index (χ3v) is 12.9. The average Bonchev–Trinajstić information content (AvgIpc) is 3.26. The molecule has 64 heavy (non-hydrogen) atoms. The van der Waals surface area contributed by atoms with Crippen LogP contribution in [0.1, 0.15) is 277 Å². The predicted molar refractivity (Wildman–Crippen MR) is 271 cm³/mol. The van der Waals surface area contributed by atoms with Gasteiger partial charge in [0, 0.05) is 19.3 Å². The monoisotopic (exact) mass is 907 g/mol. The second-order valence-corrected chi connectivity index (χ2v) is 20.2. The molecule has 0 amide bonds. The number of carbonyl (C=O) groups excluding carboxylic acids is 2. The van der Waals surface area contributed by atoms with E-state index in [9.17, 15) is 19.5 Å². The summed E-state index contributed by atoms with van der Waals surface area (Å²) in [6.45, 7) is 4.79. The lowest BCUT2D eigenvalue weighted by molar-refractivity contribution is -0.887. The Morgan fingerprint density at radius 2 is 0.781 bits per heavy atom. The van der Waals surface area contributed by atoms with E-state index >= 15 is 0 Å². The van der Waals surface area contributed by atoms with E-state index in [4.69, 9.17) is 14.2 Å². The van der Waals surface area contributed by atoms with Gasteiger partial charge in [-0.15, -0.1) is 0 Å². The van der Waals surface area contributed by atoms with Gasteiger partial charge in [-0.2, -0.15) is 0 Å². The number of carboxylic acid groups (broad SMARTS) is 1. The van der Waals surface area contributed by atoms with Crippen molar-refractivity contribution in [2.45, 2.75) is 289 Å². The second-order valence-electron chi connectivity index (χ2n) is 20.2. The van der Waals surface area contributed by atoms with Gasteiger partial charge in [-0.3, -0.25) is 9.59 Å². The van der Waals surface area contributed by atoms with Gasteiger partial charge in [0.2, 0.25) is 0 Å². The van der Waals surface area contributed by atoms with Crippen molar-refractivity contribution in [2.75, 3.05) is 41.0 Å². The van der Waals surface area contributed by atoms with Crippen molar-refractivity contribution in [1.82, 2.24) is 0 Å². The van der Waals surface area contributed by atoms with Gasteiger partial charge >= 0.3 is 17.9 Å². The number of esters is 2. The van der Waals surface area contributed by atoms with Gasteiger partial charge in [-0.1, -0.05) is 231 Å². The van der Waals surface area contributed by atoms with Crippen molar-refractivity contribution in [2.24, 2.45) is 0 Å². The number of nitrogens with zero attached hydrogens (tertiary/aromatic N) is 1. The van der Waals surface area contributed by atoms with Crippen molar-refractivity contribution in [1.29, 1.82) is 0 Å². The minimum absolute atomic E-state index is 0.0474. The number of allylic oxidation sites excluding steroid dienone is 2. The number of quaternary nitrogens is 1. The number of carboxylic acids is 1. The Balaban J connectivity index is 4.15. The summed E-state index contributed by atoms with van der Waals surface area (Å²) in [5.41, 5.74) is 0. The van der Waals surface area contributed by atoms with E-state index in [1.54, 1.807) is 0 Å². The van der Waals surface area contributed by atoms with E-state index < -0.39 is 18.1 Å². The summed E-state index contributed by atoms with van der Waals surface area (Å²) in [4.78, 5) is 37.2. The largest absolute Gasteiger partial charge is 0.477 e. The molecular formula is C56H108NO7+. The molecule has 0 spiro atoms. The first-order chi connectivity index (χ1) is 31.1. The third kappa shape index (κ3) is 45.2. The highest BCUT2D eigenvalue weighted by atomic mass is 16.6. The normalized spacial score (nSPS) is 12.8. The Morgan fingerprint density at radius 3 is 1.12 bits per heavy atom. The van der Waals surface area contributed by atoms with Gasteiger partial charge in [0.25, 0.3) is 0 Å². The maximum absolute atomic E-state index is 12.8. The Kier molecular flexibility index (Phi) is 46.1. The van der Waals surface area contributed by atoms with Crippen LogP contribution in [0.4, 0.5) is 0 Å². The van der Waals surface area contributed by atoms with Gasteiger partial charge in [0.05, 0.1) is 34.4 Å². The Labute approximate surface area is 397 Å². The van der Waals surface area contributed by atoms with Crippen LogP contribution in [-0.4, -0.2) is 80.6 Å². The van der Waals surface area contributed by atoms with E-state index in [1.165, 1.54) is 193 Å². The summed E-state index contributed by atoms with van der Waals surface area (Å²) in [6, 6.07) is -0.613. The molecule has 0 radical (unpaired) electrons. The van der Waals surface area contributed by atoms with Crippen LogP contribution in [0.25, 0.3) is 0 Å². The van der Waals surface area contributed by atoms with Gasteiger partial charge in [0.15, 0.2) is 12.1 Å². The number of hydrogen-bond acceptors (Lipinski definition) is 6. The molecule has 0 heterocycles. The minimum Gasteiger partial charge on any atom is -0.477 e. The van der Waals surface area contributed by atoms with Crippen LogP contribution >= 0.6 is 0 Å². The molecule has 378 valence electrons. The highest BCUT2D eigenvalue weighted by Gasteiger charge is 2.31. The molecule has 1 N–H and O–H groups in total. The molecule has 8 heteroatoms. The molecule has 0 saturated heterocycles. The maximum Gasteiger partial charge on any atom is 0.362 e. The topological polar surface area (TPSA) is 99.1 Å². The standard InChI is InChI=1S/C56H107NO7/c1-6-8-10-12-14-16-18-20-22-24-26-27-28-29-31-32-34-36-38-40-42-44-46-54(58)63-51-52(50-62-49-48-53(56(60)61)57(3,4)5)64-55(59)47-45-43-41-39-37-35-33-30-25-23-21-19-17-15-13-11-9-7-2/h30,33,52-53H,6-29,31-32,34-51H2,1-5H3/p+1/b33-30+. The molecule has 0 aliphatic rings. The molecule has 0 aromatic carbocycles. The van der Waals surface area contributed by atoms with Crippen molar-refractivity contribution in [3.8, 4) is 0 Å². The number of aliphatic carboxylic acids is 1. The summed E-state index contributed by atoms with van der Waals surface area (Å²) < 4.78 is 17.4. The number of rotatable bonds is 51. The molecule has 0 rings (SSSR count). The van der Waals surface area contributed by atoms with Crippen LogP contribution in [0, 0.1) is 0 Å². The summed E-state index contributed by atoms with van der Waals surface area (Å²) in [5, 5.41) is 9.66. The number of hydrogen-bond donors (Lipinski definition) is 1. The molecule has 0 aliphatic heterocycles. The van der Waals surface area contributed by atoms with Crippen LogP contribution in [0.5, 0.6) is 0 Å². The molecule has 0 aromatic rings. The number of ether oxygens (including phenoxy) is 3. The van der Waals surface area contributed by atoms with Crippen LogP contribution in [0.2, 0.25) is 0 Å². The second kappa shape index (κ2) is 47.6. The maximum atomic E-state index is 12.8. The average molecular weight is 907 g/mol. The van der Waals surface area contributed by atoms with Gasteiger partial charge < -0.3 is 23.8 Å². The predicted octanol–water partition coefficient (Wildman–Crippen LogP) is 16.2. The highest BCUT2D eigenvalue weighted by Crippen LogP contribution is 2.17. The van der Waals surface area contributed by atoms with Crippen LogP contribution in [-0.2, 0) is 28.6 Å². The Hall–Kier alpha value is -1.93. The molecule has 0 bridgehead atoms. The smallest absolute Gasteiger partial charge is 0.362 e. The molecule has 0 aliphatic carbocycles. The lowest BCUT2D eigenvalue weighted by Crippen LogP contribution is -2.50. The van der Waals surface area contributed by atoms with E-state index in [1.807, 2.05) is 21.1 Å². The first kappa shape index (κ1) is 62.1. The molecule has 8 nitrogen and oxygen atoms in total. The van der Waals surface area contributed by atoms with Crippen LogP contribution in [0.3, 0.4) is 0 Å². The number of unbranched alkanes of at least 4 members (excludes halogenated alkanes) is 35. The van der Waals surface area contributed by atoms with E-state index in [-0.39, 0.29) is 36.2 Å². The van der Waals surface area contributed by atoms with Gasteiger partial charge in [-0.25, -0.2) is 4.79 Å². The van der Waals surface area contributed by atoms with Crippen molar-refractivity contribution < 1.29 is 38.2 Å².